The molecule has 21 heavy (non-hydrogen) atoms. The van der Waals surface area contributed by atoms with Crippen molar-refractivity contribution < 1.29 is 19.6 Å². The van der Waals surface area contributed by atoms with Crippen LogP contribution in [-0.2, 0) is 0 Å². The Labute approximate surface area is 115 Å². The molecule has 0 aliphatic rings. The molecule has 0 unspecified atom stereocenters. The van der Waals surface area contributed by atoms with Gasteiger partial charge < -0.3 is 0 Å². The SMILES string of the molecule is O=Cc1cc([N+](=O)[O-])c2c([N+](=O)[O-])cccc2c1[N+](=O)[O-]. The van der Waals surface area contributed by atoms with Gasteiger partial charge in [-0.05, 0) is 6.07 Å². The Balaban J connectivity index is 3.13. The van der Waals surface area contributed by atoms with Gasteiger partial charge >= 0.3 is 0 Å². The van der Waals surface area contributed by atoms with Crippen molar-refractivity contribution in [2.24, 2.45) is 0 Å². The number of fused-ring (bicyclic) bond motifs is 1. The minimum absolute atomic E-state index is 0.101. The van der Waals surface area contributed by atoms with Crippen molar-refractivity contribution in [1.82, 2.24) is 0 Å². The fourth-order valence-corrected chi connectivity index (χ4v) is 2.04. The summed E-state index contributed by atoms with van der Waals surface area (Å²) < 4.78 is 0. The lowest BCUT2D eigenvalue weighted by Crippen LogP contribution is -2.01. The van der Waals surface area contributed by atoms with Gasteiger partial charge in [0.2, 0.25) is 0 Å². The maximum Gasteiger partial charge on any atom is 0.288 e. The first-order valence-corrected chi connectivity index (χ1v) is 5.36. The molecular weight excluding hydrogens is 286 g/mol. The highest BCUT2D eigenvalue weighted by Crippen LogP contribution is 2.40. The Morgan fingerprint density at radius 2 is 1.52 bits per heavy atom. The number of benzene rings is 2. The number of nitro benzene ring substituents is 3. The summed E-state index contributed by atoms with van der Waals surface area (Å²) in [5.41, 5.74) is -2.58. The summed E-state index contributed by atoms with van der Waals surface area (Å²) in [7, 11) is 0. The minimum atomic E-state index is -0.925. The smallest absolute Gasteiger partial charge is 0.288 e. The molecule has 2 aromatic carbocycles. The Bertz CT molecular complexity index is 815. The predicted octanol–water partition coefficient (Wildman–Crippen LogP) is 2.38. The van der Waals surface area contributed by atoms with E-state index in [2.05, 4.69) is 0 Å². The van der Waals surface area contributed by atoms with Gasteiger partial charge in [-0.25, -0.2) is 0 Å². The van der Waals surface area contributed by atoms with Crippen LogP contribution in [0, 0.1) is 30.3 Å². The van der Waals surface area contributed by atoms with E-state index in [1.165, 1.54) is 0 Å². The normalized spacial score (nSPS) is 10.3. The van der Waals surface area contributed by atoms with Crippen LogP contribution in [0.4, 0.5) is 17.1 Å². The van der Waals surface area contributed by atoms with Crippen molar-refractivity contribution in [2.45, 2.75) is 0 Å². The summed E-state index contributed by atoms with van der Waals surface area (Å²) in [6.07, 6.45) is 0.101. The summed E-state index contributed by atoms with van der Waals surface area (Å²) >= 11 is 0. The van der Waals surface area contributed by atoms with E-state index >= 15 is 0 Å². The molecule has 0 aromatic heterocycles. The van der Waals surface area contributed by atoms with Gasteiger partial charge in [-0.3, -0.25) is 35.1 Å². The molecular formula is C11H5N3O7. The Morgan fingerprint density at radius 3 is 2.00 bits per heavy atom. The van der Waals surface area contributed by atoms with Crippen LogP contribution in [0.2, 0.25) is 0 Å². The van der Waals surface area contributed by atoms with Gasteiger partial charge in [0.1, 0.15) is 5.39 Å². The quantitative estimate of drug-likeness (QED) is 0.477. The Morgan fingerprint density at radius 1 is 0.905 bits per heavy atom. The van der Waals surface area contributed by atoms with Gasteiger partial charge in [0.05, 0.1) is 25.7 Å². The van der Waals surface area contributed by atoms with Crippen molar-refractivity contribution in [1.29, 1.82) is 0 Å². The molecule has 0 amide bonds. The molecule has 0 saturated heterocycles. The number of hydrogen-bond acceptors (Lipinski definition) is 7. The van der Waals surface area contributed by atoms with Crippen LogP contribution in [0.15, 0.2) is 24.3 Å². The van der Waals surface area contributed by atoms with E-state index in [1.807, 2.05) is 0 Å². The van der Waals surface area contributed by atoms with Crippen LogP contribution in [0.25, 0.3) is 10.8 Å². The first-order chi connectivity index (χ1) is 9.88. The van der Waals surface area contributed by atoms with Crippen LogP contribution in [0.5, 0.6) is 0 Å². The number of aldehydes is 1. The molecule has 10 heteroatoms. The highest BCUT2D eigenvalue weighted by atomic mass is 16.6. The second-order valence-corrected chi connectivity index (χ2v) is 3.92. The monoisotopic (exact) mass is 291 g/mol. The van der Waals surface area contributed by atoms with E-state index in [-0.39, 0.29) is 11.7 Å². The fourth-order valence-electron chi connectivity index (χ4n) is 2.04. The molecule has 2 aromatic rings. The number of nitro groups is 3. The number of nitrogens with zero attached hydrogens (tertiary/aromatic N) is 3. The zero-order valence-corrected chi connectivity index (χ0v) is 10.1. The first-order valence-electron chi connectivity index (χ1n) is 5.36. The molecule has 106 valence electrons. The molecule has 10 nitrogen and oxygen atoms in total. The lowest BCUT2D eigenvalue weighted by atomic mass is 10.0. The zero-order valence-electron chi connectivity index (χ0n) is 10.1. The number of carbonyl (C=O) groups excluding carboxylic acids is 1. The molecule has 0 bridgehead atoms. The Kier molecular flexibility index (Phi) is 3.28. The summed E-state index contributed by atoms with van der Waals surface area (Å²) in [5.74, 6) is 0. The first kappa shape index (κ1) is 14.0. The van der Waals surface area contributed by atoms with E-state index < -0.39 is 42.8 Å². The third kappa shape index (κ3) is 2.14. The highest BCUT2D eigenvalue weighted by molar-refractivity contribution is 6.08. The van der Waals surface area contributed by atoms with E-state index in [1.54, 1.807) is 0 Å². The molecule has 0 aliphatic carbocycles. The molecule has 0 N–H and O–H groups in total. The topological polar surface area (TPSA) is 146 Å². The van der Waals surface area contributed by atoms with Crippen LogP contribution >= 0.6 is 0 Å². The molecule has 0 saturated carbocycles. The summed E-state index contributed by atoms with van der Waals surface area (Å²) in [5, 5.41) is 32.3. The van der Waals surface area contributed by atoms with Crippen molar-refractivity contribution in [2.75, 3.05) is 0 Å². The van der Waals surface area contributed by atoms with E-state index in [0.717, 1.165) is 18.2 Å². The molecule has 2 rings (SSSR count). The second kappa shape index (κ2) is 4.92. The van der Waals surface area contributed by atoms with Crippen molar-refractivity contribution in [3.63, 3.8) is 0 Å². The Hall–Kier alpha value is -3.43. The fraction of sp³-hybridized carbons (Fsp3) is 0. The van der Waals surface area contributed by atoms with Crippen molar-refractivity contribution in [3.05, 3.63) is 60.2 Å². The predicted molar refractivity (Wildman–Crippen MR) is 69.3 cm³/mol. The van der Waals surface area contributed by atoms with Gasteiger partial charge in [0.15, 0.2) is 6.29 Å². The minimum Gasteiger partial charge on any atom is -0.298 e. The number of carbonyl (C=O) groups is 1. The summed E-state index contributed by atoms with van der Waals surface area (Å²) in [6.45, 7) is 0. The molecule has 0 spiro atoms. The standard InChI is InChI=1S/C11H5N3O7/c15-5-6-4-9(13(18)19)10-7(11(6)14(20)21)2-1-3-8(10)12(16)17/h1-5H. The maximum atomic E-state index is 11.1. The van der Waals surface area contributed by atoms with Crippen molar-refractivity contribution >= 4 is 34.1 Å². The number of hydrogen-bond donors (Lipinski definition) is 0. The molecule has 0 atom stereocenters. The molecule has 0 heterocycles. The van der Waals surface area contributed by atoms with Crippen LogP contribution in [0.1, 0.15) is 10.4 Å². The molecule has 0 aliphatic heterocycles. The highest BCUT2D eigenvalue weighted by Gasteiger charge is 2.30. The van der Waals surface area contributed by atoms with Crippen LogP contribution in [0.3, 0.4) is 0 Å². The number of rotatable bonds is 4. The van der Waals surface area contributed by atoms with Gasteiger partial charge in [-0.1, -0.05) is 6.07 Å². The average molecular weight is 291 g/mol. The largest absolute Gasteiger partial charge is 0.298 e. The van der Waals surface area contributed by atoms with Crippen LogP contribution < -0.4 is 0 Å². The third-order valence-electron chi connectivity index (χ3n) is 2.82. The third-order valence-corrected chi connectivity index (χ3v) is 2.82. The maximum absolute atomic E-state index is 11.1. The zero-order chi connectivity index (χ0) is 15.7. The van der Waals surface area contributed by atoms with Gasteiger partial charge in [0, 0.05) is 12.1 Å². The lowest BCUT2D eigenvalue weighted by molar-refractivity contribution is -0.391. The van der Waals surface area contributed by atoms with Gasteiger partial charge in [0.25, 0.3) is 17.1 Å². The van der Waals surface area contributed by atoms with Crippen molar-refractivity contribution in [3.8, 4) is 0 Å². The van der Waals surface area contributed by atoms with E-state index in [9.17, 15) is 35.1 Å². The second-order valence-electron chi connectivity index (χ2n) is 3.92. The van der Waals surface area contributed by atoms with Gasteiger partial charge in [-0.15, -0.1) is 0 Å². The molecule has 0 radical (unpaired) electrons. The van der Waals surface area contributed by atoms with Crippen LogP contribution in [-0.4, -0.2) is 21.1 Å². The van der Waals surface area contributed by atoms with Gasteiger partial charge in [-0.2, -0.15) is 0 Å². The lowest BCUT2D eigenvalue weighted by Gasteiger charge is -2.04. The van der Waals surface area contributed by atoms with E-state index in [4.69, 9.17) is 0 Å². The number of non-ortho nitro benzene ring substituents is 2. The summed E-state index contributed by atoms with van der Waals surface area (Å²) in [6, 6.07) is 3.95. The van der Waals surface area contributed by atoms with E-state index in [0.29, 0.717) is 6.07 Å². The average Bonchev–Trinajstić information content (AvgIpc) is 2.43. The summed E-state index contributed by atoms with van der Waals surface area (Å²) in [4.78, 5) is 41.3. The molecule has 0 fully saturated rings.